The van der Waals surface area contributed by atoms with Gasteiger partial charge < -0.3 is 10.1 Å². The number of methoxy groups -OCH3 is 1. The lowest BCUT2D eigenvalue weighted by Crippen LogP contribution is -2.15. The Kier molecular flexibility index (Phi) is 4.22. The lowest BCUT2D eigenvalue weighted by molar-refractivity contribution is 0.0601. The van der Waals surface area contributed by atoms with Crippen LogP contribution in [0.3, 0.4) is 0 Å². The summed E-state index contributed by atoms with van der Waals surface area (Å²) in [5.41, 5.74) is 4.25. The van der Waals surface area contributed by atoms with E-state index in [9.17, 15) is 9.59 Å². The monoisotopic (exact) mass is 329 g/mol. The van der Waals surface area contributed by atoms with Gasteiger partial charge in [0.05, 0.1) is 12.7 Å². The molecule has 3 rings (SSSR count). The van der Waals surface area contributed by atoms with E-state index in [0.29, 0.717) is 16.1 Å². The van der Waals surface area contributed by atoms with E-state index in [1.54, 1.807) is 0 Å². The van der Waals surface area contributed by atoms with Gasteiger partial charge in [0.15, 0.2) is 0 Å². The number of ether oxygens (including phenoxy) is 1. The first-order valence-corrected chi connectivity index (χ1v) is 8.43. The molecule has 0 aliphatic heterocycles. The van der Waals surface area contributed by atoms with Gasteiger partial charge >= 0.3 is 5.97 Å². The average molecular weight is 329 g/mol. The Morgan fingerprint density at radius 3 is 2.48 bits per heavy atom. The van der Waals surface area contributed by atoms with Gasteiger partial charge in [0, 0.05) is 10.4 Å². The predicted molar refractivity (Wildman–Crippen MR) is 91.6 cm³/mol. The van der Waals surface area contributed by atoms with Crippen LogP contribution in [0.25, 0.3) is 0 Å². The van der Waals surface area contributed by atoms with Crippen molar-refractivity contribution >= 4 is 28.2 Å². The summed E-state index contributed by atoms with van der Waals surface area (Å²) in [6.07, 6.45) is 2.88. The summed E-state index contributed by atoms with van der Waals surface area (Å²) in [4.78, 5) is 25.8. The van der Waals surface area contributed by atoms with Crippen LogP contribution in [-0.2, 0) is 17.6 Å². The zero-order chi connectivity index (χ0) is 16.6. The van der Waals surface area contributed by atoms with Crippen LogP contribution in [0.2, 0.25) is 0 Å². The molecule has 0 atom stereocenters. The molecule has 0 saturated heterocycles. The van der Waals surface area contributed by atoms with Crippen LogP contribution < -0.4 is 5.32 Å². The molecule has 1 heterocycles. The first-order valence-electron chi connectivity index (χ1n) is 7.62. The second-order valence-corrected chi connectivity index (χ2v) is 6.99. The molecule has 1 aromatic carbocycles. The number of amides is 1. The summed E-state index contributed by atoms with van der Waals surface area (Å²) in [6, 6.07) is 5.72. The van der Waals surface area contributed by atoms with E-state index in [-0.39, 0.29) is 11.9 Å². The quantitative estimate of drug-likeness (QED) is 0.869. The molecule has 1 aliphatic carbocycles. The van der Waals surface area contributed by atoms with Gasteiger partial charge in [0.2, 0.25) is 0 Å². The van der Waals surface area contributed by atoms with Gasteiger partial charge in [-0.3, -0.25) is 4.79 Å². The molecule has 0 radical (unpaired) electrons. The topological polar surface area (TPSA) is 55.4 Å². The summed E-state index contributed by atoms with van der Waals surface area (Å²) in [6.45, 7) is 3.92. The van der Waals surface area contributed by atoms with Crippen molar-refractivity contribution < 1.29 is 14.3 Å². The molecule has 1 amide bonds. The van der Waals surface area contributed by atoms with Crippen molar-refractivity contribution in [3.05, 3.63) is 50.9 Å². The first-order chi connectivity index (χ1) is 11.0. The van der Waals surface area contributed by atoms with E-state index >= 15 is 0 Å². The number of carbonyl (C=O) groups is 2. The number of benzene rings is 1. The maximum atomic E-state index is 12.6. The fraction of sp³-hybridized carbons (Fsp3) is 0.333. The van der Waals surface area contributed by atoms with Crippen molar-refractivity contribution in [2.45, 2.75) is 33.1 Å². The maximum Gasteiger partial charge on any atom is 0.341 e. The number of hydrogen-bond acceptors (Lipinski definition) is 4. The highest BCUT2D eigenvalue weighted by atomic mass is 32.1. The molecule has 0 saturated carbocycles. The Morgan fingerprint density at radius 1 is 1.13 bits per heavy atom. The fourth-order valence-corrected chi connectivity index (χ4v) is 4.36. The predicted octanol–water partition coefficient (Wildman–Crippen LogP) is 3.89. The summed E-state index contributed by atoms with van der Waals surface area (Å²) < 4.78 is 4.90. The molecule has 0 spiro atoms. The van der Waals surface area contributed by atoms with Crippen LogP contribution in [0.5, 0.6) is 0 Å². The van der Waals surface area contributed by atoms with Gasteiger partial charge in [-0.25, -0.2) is 4.79 Å². The molecule has 4 nitrogen and oxygen atoms in total. The number of thiophene rings is 1. The highest BCUT2D eigenvalue weighted by molar-refractivity contribution is 7.17. The molecule has 1 N–H and O–H groups in total. The van der Waals surface area contributed by atoms with Crippen LogP contribution in [0, 0.1) is 13.8 Å². The van der Waals surface area contributed by atoms with Gasteiger partial charge in [-0.2, -0.15) is 0 Å². The summed E-state index contributed by atoms with van der Waals surface area (Å²) in [5.74, 6) is -0.568. The molecule has 0 unspecified atom stereocenters. The third kappa shape index (κ3) is 3.01. The molecule has 5 heteroatoms. The Bertz CT molecular complexity index is 772. The van der Waals surface area contributed by atoms with Crippen LogP contribution >= 0.6 is 11.3 Å². The molecular formula is C18H19NO3S. The van der Waals surface area contributed by atoms with Gasteiger partial charge in [0.1, 0.15) is 5.00 Å². The minimum Gasteiger partial charge on any atom is -0.465 e. The van der Waals surface area contributed by atoms with Gasteiger partial charge in [-0.15, -0.1) is 11.3 Å². The highest BCUT2D eigenvalue weighted by Crippen LogP contribution is 2.39. The Labute approximate surface area is 139 Å². The zero-order valence-electron chi connectivity index (χ0n) is 13.5. The van der Waals surface area contributed by atoms with E-state index in [4.69, 9.17) is 4.74 Å². The van der Waals surface area contributed by atoms with Gasteiger partial charge in [0.25, 0.3) is 5.91 Å². The largest absolute Gasteiger partial charge is 0.465 e. The Balaban J connectivity index is 1.94. The SMILES string of the molecule is COC(=O)c1c(NC(=O)c2cc(C)cc(C)c2)sc2c1CCC2. The molecule has 23 heavy (non-hydrogen) atoms. The lowest BCUT2D eigenvalue weighted by Gasteiger charge is -2.08. The summed E-state index contributed by atoms with van der Waals surface area (Å²) in [5, 5.41) is 3.51. The number of rotatable bonds is 3. The summed E-state index contributed by atoms with van der Waals surface area (Å²) in [7, 11) is 1.37. The number of nitrogens with one attached hydrogen (secondary N) is 1. The van der Waals surface area contributed by atoms with Crippen LogP contribution in [0.4, 0.5) is 5.00 Å². The molecule has 0 fully saturated rings. The Hall–Kier alpha value is -2.14. The molecule has 1 aliphatic rings. The normalized spacial score (nSPS) is 12.8. The van der Waals surface area contributed by atoms with Crippen LogP contribution in [-0.4, -0.2) is 19.0 Å². The van der Waals surface area contributed by atoms with E-state index in [0.717, 1.165) is 36.0 Å². The average Bonchev–Trinajstić information content (AvgIpc) is 3.05. The van der Waals surface area contributed by atoms with E-state index in [1.807, 2.05) is 32.0 Å². The van der Waals surface area contributed by atoms with Gasteiger partial charge in [-0.05, 0) is 50.8 Å². The standard InChI is InChI=1S/C18H19NO3S/c1-10-7-11(2)9-12(8-10)16(20)19-17-15(18(21)22-3)13-5-4-6-14(13)23-17/h7-9H,4-6H2,1-3H3,(H,19,20). The second-order valence-electron chi connectivity index (χ2n) is 5.88. The van der Waals surface area contributed by atoms with Crippen molar-refractivity contribution in [1.29, 1.82) is 0 Å². The smallest absolute Gasteiger partial charge is 0.341 e. The Morgan fingerprint density at radius 2 is 1.83 bits per heavy atom. The number of anilines is 1. The first kappa shape index (κ1) is 15.7. The molecule has 120 valence electrons. The molecule has 1 aromatic heterocycles. The third-order valence-corrected chi connectivity index (χ3v) is 5.23. The van der Waals surface area contributed by atoms with Crippen molar-refractivity contribution in [3.8, 4) is 0 Å². The summed E-state index contributed by atoms with van der Waals surface area (Å²) >= 11 is 1.49. The van der Waals surface area contributed by atoms with Crippen LogP contribution in [0.15, 0.2) is 18.2 Å². The molecular weight excluding hydrogens is 310 g/mol. The van der Waals surface area contributed by atoms with Gasteiger partial charge in [-0.1, -0.05) is 17.2 Å². The highest BCUT2D eigenvalue weighted by Gasteiger charge is 2.28. The molecule has 0 bridgehead atoms. The minimum atomic E-state index is -0.375. The minimum absolute atomic E-state index is 0.193. The number of aryl methyl sites for hydroxylation is 3. The van der Waals surface area contributed by atoms with Crippen molar-refractivity contribution in [2.75, 3.05) is 12.4 Å². The maximum absolute atomic E-state index is 12.6. The number of fused-ring (bicyclic) bond motifs is 1. The van der Waals surface area contributed by atoms with Crippen molar-refractivity contribution in [1.82, 2.24) is 0 Å². The van der Waals surface area contributed by atoms with Crippen molar-refractivity contribution in [3.63, 3.8) is 0 Å². The van der Waals surface area contributed by atoms with E-state index < -0.39 is 0 Å². The van der Waals surface area contributed by atoms with E-state index in [1.165, 1.54) is 23.3 Å². The van der Waals surface area contributed by atoms with Crippen LogP contribution in [0.1, 0.15) is 48.7 Å². The number of hydrogen-bond donors (Lipinski definition) is 1. The lowest BCUT2D eigenvalue weighted by atomic mass is 10.1. The van der Waals surface area contributed by atoms with E-state index in [2.05, 4.69) is 5.32 Å². The van der Waals surface area contributed by atoms with Crippen molar-refractivity contribution in [2.24, 2.45) is 0 Å². The number of carbonyl (C=O) groups excluding carboxylic acids is 2. The number of esters is 1. The second kappa shape index (κ2) is 6.16. The molecule has 2 aromatic rings. The fourth-order valence-electron chi connectivity index (χ4n) is 3.09. The zero-order valence-corrected chi connectivity index (χ0v) is 14.3. The third-order valence-electron chi connectivity index (χ3n) is 4.02.